The SMILES string of the molecule is COCCCS(=O)(=O)CCCCC(C)=O. The van der Waals surface area contributed by atoms with Crippen molar-refractivity contribution in [2.75, 3.05) is 25.2 Å². The Labute approximate surface area is 91.9 Å². The van der Waals surface area contributed by atoms with Crippen molar-refractivity contribution < 1.29 is 17.9 Å². The maximum atomic E-state index is 11.4. The molecule has 0 aliphatic carbocycles. The molecular formula is C10H20O4S. The quantitative estimate of drug-likeness (QED) is 0.564. The third-order valence-corrected chi connectivity index (χ3v) is 3.86. The smallest absolute Gasteiger partial charge is 0.150 e. The second-order valence-corrected chi connectivity index (χ2v) is 5.96. The highest BCUT2D eigenvalue weighted by atomic mass is 32.2. The van der Waals surface area contributed by atoms with Crippen LogP contribution in [0.3, 0.4) is 0 Å². The number of Topliss-reactive ketones (excluding diaryl/α,β-unsaturated/α-hetero) is 1. The summed E-state index contributed by atoms with van der Waals surface area (Å²) in [6.45, 7) is 2.00. The number of carbonyl (C=O) groups is 1. The van der Waals surface area contributed by atoms with Gasteiger partial charge in [0, 0.05) is 20.1 Å². The standard InChI is InChI=1S/C10H20O4S/c1-10(11)6-3-4-8-15(12,13)9-5-7-14-2/h3-9H2,1-2H3. The summed E-state index contributed by atoms with van der Waals surface area (Å²) in [4.78, 5) is 10.6. The fraction of sp³-hybridized carbons (Fsp3) is 0.900. The van der Waals surface area contributed by atoms with Gasteiger partial charge in [0.2, 0.25) is 0 Å². The first kappa shape index (κ1) is 14.6. The first-order chi connectivity index (χ1) is 6.98. The topological polar surface area (TPSA) is 60.4 Å². The van der Waals surface area contributed by atoms with Crippen molar-refractivity contribution in [1.82, 2.24) is 0 Å². The molecule has 0 spiro atoms. The fourth-order valence-electron chi connectivity index (χ4n) is 1.22. The highest BCUT2D eigenvalue weighted by molar-refractivity contribution is 7.91. The average molecular weight is 236 g/mol. The van der Waals surface area contributed by atoms with Crippen LogP contribution in [0.5, 0.6) is 0 Å². The van der Waals surface area contributed by atoms with Gasteiger partial charge in [-0.25, -0.2) is 8.42 Å². The van der Waals surface area contributed by atoms with Crippen LogP contribution in [0.25, 0.3) is 0 Å². The molecule has 0 atom stereocenters. The fourth-order valence-corrected chi connectivity index (χ4v) is 2.63. The predicted molar refractivity (Wildman–Crippen MR) is 59.7 cm³/mol. The minimum absolute atomic E-state index is 0.117. The lowest BCUT2D eigenvalue weighted by Gasteiger charge is -2.03. The third-order valence-electron chi connectivity index (χ3n) is 2.04. The Morgan fingerprint density at radius 1 is 1.13 bits per heavy atom. The zero-order valence-corrected chi connectivity index (χ0v) is 10.3. The van der Waals surface area contributed by atoms with Crippen molar-refractivity contribution in [3.63, 3.8) is 0 Å². The summed E-state index contributed by atoms with van der Waals surface area (Å²) in [6.07, 6.45) is 2.27. The van der Waals surface area contributed by atoms with Crippen LogP contribution in [-0.4, -0.2) is 39.4 Å². The van der Waals surface area contributed by atoms with E-state index in [1.54, 1.807) is 7.11 Å². The van der Waals surface area contributed by atoms with Gasteiger partial charge in [0.25, 0.3) is 0 Å². The monoisotopic (exact) mass is 236 g/mol. The Balaban J connectivity index is 3.60. The Hall–Kier alpha value is -0.420. The van der Waals surface area contributed by atoms with Gasteiger partial charge in [0.1, 0.15) is 15.6 Å². The van der Waals surface area contributed by atoms with E-state index in [1.807, 2.05) is 0 Å². The van der Waals surface area contributed by atoms with E-state index in [0.29, 0.717) is 32.3 Å². The average Bonchev–Trinajstić information content (AvgIpc) is 2.13. The van der Waals surface area contributed by atoms with E-state index in [0.717, 1.165) is 0 Å². The Kier molecular flexibility index (Phi) is 7.60. The molecule has 0 radical (unpaired) electrons. The number of hydrogen-bond donors (Lipinski definition) is 0. The molecule has 90 valence electrons. The van der Waals surface area contributed by atoms with Gasteiger partial charge in [-0.2, -0.15) is 0 Å². The first-order valence-corrected chi connectivity index (χ1v) is 6.99. The molecule has 4 nitrogen and oxygen atoms in total. The maximum absolute atomic E-state index is 11.4. The van der Waals surface area contributed by atoms with Gasteiger partial charge >= 0.3 is 0 Å². The van der Waals surface area contributed by atoms with Gasteiger partial charge in [-0.1, -0.05) is 0 Å². The molecule has 0 aliphatic rings. The van der Waals surface area contributed by atoms with E-state index >= 15 is 0 Å². The number of carbonyl (C=O) groups excluding carboxylic acids is 1. The number of hydrogen-bond acceptors (Lipinski definition) is 4. The molecule has 0 saturated carbocycles. The summed E-state index contributed by atoms with van der Waals surface area (Å²) in [7, 11) is -1.39. The molecule has 0 rings (SSSR count). The summed E-state index contributed by atoms with van der Waals surface area (Å²) >= 11 is 0. The van der Waals surface area contributed by atoms with Crippen molar-refractivity contribution in [1.29, 1.82) is 0 Å². The van der Waals surface area contributed by atoms with E-state index in [4.69, 9.17) is 4.74 Å². The molecule has 0 aliphatic heterocycles. The molecule has 0 heterocycles. The lowest BCUT2D eigenvalue weighted by Crippen LogP contribution is -2.12. The molecule has 5 heteroatoms. The molecule has 0 bridgehead atoms. The number of sulfone groups is 1. The van der Waals surface area contributed by atoms with Crippen LogP contribution in [-0.2, 0) is 19.4 Å². The minimum Gasteiger partial charge on any atom is -0.385 e. The van der Waals surface area contributed by atoms with Gasteiger partial charge in [-0.05, 0) is 26.2 Å². The Morgan fingerprint density at radius 2 is 1.73 bits per heavy atom. The molecular weight excluding hydrogens is 216 g/mol. The normalized spacial score (nSPS) is 11.6. The minimum atomic E-state index is -2.94. The van der Waals surface area contributed by atoms with Crippen molar-refractivity contribution in [2.24, 2.45) is 0 Å². The molecule has 0 saturated heterocycles. The van der Waals surface area contributed by atoms with Gasteiger partial charge in [-0.3, -0.25) is 0 Å². The third kappa shape index (κ3) is 9.87. The van der Waals surface area contributed by atoms with Gasteiger partial charge < -0.3 is 9.53 Å². The number of ketones is 1. The predicted octanol–water partition coefficient (Wildman–Crippen LogP) is 1.20. The van der Waals surface area contributed by atoms with Crippen LogP contribution in [0.4, 0.5) is 0 Å². The zero-order chi connectivity index (χ0) is 11.7. The number of methoxy groups -OCH3 is 1. The number of ether oxygens (including phenoxy) is 1. The van der Waals surface area contributed by atoms with Crippen LogP contribution < -0.4 is 0 Å². The summed E-state index contributed by atoms with van der Waals surface area (Å²) < 4.78 is 27.6. The molecule has 15 heavy (non-hydrogen) atoms. The summed E-state index contributed by atoms with van der Waals surface area (Å²) in [5.74, 6) is 0.483. The molecule has 0 fully saturated rings. The van der Waals surface area contributed by atoms with Crippen molar-refractivity contribution in [2.45, 2.75) is 32.6 Å². The number of unbranched alkanes of at least 4 members (excludes halogenated alkanes) is 1. The second-order valence-electron chi connectivity index (χ2n) is 3.66. The summed E-state index contributed by atoms with van der Waals surface area (Å²) in [5.41, 5.74) is 0. The van der Waals surface area contributed by atoms with E-state index in [2.05, 4.69) is 0 Å². The van der Waals surface area contributed by atoms with Crippen LogP contribution in [0.15, 0.2) is 0 Å². The Bertz CT molecular complexity index is 269. The molecule has 0 unspecified atom stereocenters. The molecule has 0 aromatic carbocycles. The zero-order valence-electron chi connectivity index (χ0n) is 9.49. The second kappa shape index (κ2) is 7.82. The van der Waals surface area contributed by atoms with Crippen LogP contribution in [0.1, 0.15) is 32.6 Å². The van der Waals surface area contributed by atoms with Crippen molar-refractivity contribution >= 4 is 15.6 Å². The van der Waals surface area contributed by atoms with Crippen molar-refractivity contribution in [3.05, 3.63) is 0 Å². The lowest BCUT2D eigenvalue weighted by molar-refractivity contribution is -0.117. The van der Waals surface area contributed by atoms with E-state index in [-0.39, 0.29) is 17.3 Å². The van der Waals surface area contributed by atoms with E-state index in [1.165, 1.54) is 6.92 Å². The maximum Gasteiger partial charge on any atom is 0.150 e. The lowest BCUT2D eigenvalue weighted by atomic mass is 10.2. The molecule has 0 aromatic heterocycles. The van der Waals surface area contributed by atoms with Crippen LogP contribution in [0, 0.1) is 0 Å². The highest BCUT2D eigenvalue weighted by Gasteiger charge is 2.09. The van der Waals surface area contributed by atoms with Gasteiger partial charge in [-0.15, -0.1) is 0 Å². The van der Waals surface area contributed by atoms with Crippen molar-refractivity contribution in [3.8, 4) is 0 Å². The van der Waals surface area contributed by atoms with Gasteiger partial charge in [0.15, 0.2) is 0 Å². The summed E-state index contributed by atoms with van der Waals surface area (Å²) in [5, 5.41) is 0. The summed E-state index contributed by atoms with van der Waals surface area (Å²) in [6, 6.07) is 0. The molecule has 0 N–H and O–H groups in total. The van der Waals surface area contributed by atoms with Crippen LogP contribution in [0.2, 0.25) is 0 Å². The highest BCUT2D eigenvalue weighted by Crippen LogP contribution is 2.02. The van der Waals surface area contributed by atoms with Gasteiger partial charge in [0.05, 0.1) is 11.5 Å². The largest absolute Gasteiger partial charge is 0.385 e. The molecule has 0 amide bonds. The Morgan fingerprint density at radius 3 is 2.27 bits per heavy atom. The van der Waals surface area contributed by atoms with Crippen LogP contribution >= 0.6 is 0 Å². The first-order valence-electron chi connectivity index (χ1n) is 5.17. The number of rotatable bonds is 9. The van der Waals surface area contributed by atoms with E-state index in [9.17, 15) is 13.2 Å². The van der Waals surface area contributed by atoms with E-state index < -0.39 is 9.84 Å². The molecule has 0 aromatic rings.